The van der Waals surface area contributed by atoms with Gasteiger partial charge in [-0.15, -0.1) is 0 Å². The Bertz CT molecular complexity index is 959. The summed E-state index contributed by atoms with van der Waals surface area (Å²) < 4.78 is 6.66. The Hall–Kier alpha value is -3.00. The van der Waals surface area contributed by atoms with E-state index in [1.54, 1.807) is 31.0 Å². The molecule has 0 bridgehead atoms. The van der Waals surface area contributed by atoms with Gasteiger partial charge in [-0.3, -0.25) is 9.48 Å². The molecular formula is C18H19N5O3. The highest BCUT2D eigenvalue weighted by Gasteiger charge is 2.25. The molecule has 1 amide bonds. The van der Waals surface area contributed by atoms with Crippen molar-refractivity contribution >= 4 is 5.91 Å². The number of carbonyl (C=O) groups is 1. The first kappa shape index (κ1) is 16.5. The van der Waals surface area contributed by atoms with E-state index >= 15 is 0 Å². The number of aliphatic hydroxyl groups excluding tert-OH is 1. The molecule has 26 heavy (non-hydrogen) atoms. The van der Waals surface area contributed by atoms with Gasteiger partial charge in [-0.2, -0.15) is 10.1 Å². The predicted molar refractivity (Wildman–Crippen MR) is 92.1 cm³/mol. The number of aliphatic hydroxyl groups is 1. The minimum atomic E-state index is -0.794. The summed E-state index contributed by atoms with van der Waals surface area (Å²) in [6.07, 6.45) is 4.17. The van der Waals surface area contributed by atoms with Gasteiger partial charge in [0.1, 0.15) is 6.10 Å². The van der Waals surface area contributed by atoms with Crippen LogP contribution in [0.25, 0.3) is 11.4 Å². The molecule has 2 heterocycles. The maximum Gasteiger partial charge on any atom is 0.255 e. The summed E-state index contributed by atoms with van der Waals surface area (Å²) in [5.41, 5.74) is 3.64. The Labute approximate surface area is 149 Å². The minimum absolute atomic E-state index is 0.0231. The molecule has 2 aromatic heterocycles. The molecule has 0 fully saturated rings. The van der Waals surface area contributed by atoms with Gasteiger partial charge in [0.15, 0.2) is 0 Å². The van der Waals surface area contributed by atoms with Crippen LogP contribution in [-0.4, -0.2) is 30.9 Å². The number of amides is 1. The summed E-state index contributed by atoms with van der Waals surface area (Å²) >= 11 is 0. The van der Waals surface area contributed by atoms with Crippen LogP contribution in [-0.2, 0) is 13.5 Å². The van der Waals surface area contributed by atoms with Crippen LogP contribution in [0.2, 0.25) is 0 Å². The van der Waals surface area contributed by atoms with Crippen LogP contribution < -0.4 is 5.32 Å². The highest BCUT2D eigenvalue weighted by Crippen LogP contribution is 2.34. The number of benzene rings is 1. The van der Waals surface area contributed by atoms with Crippen molar-refractivity contribution in [2.45, 2.75) is 31.9 Å². The molecule has 8 nitrogen and oxygen atoms in total. The Balaban J connectivity index is 1.53. The van der Waals surface area contributed by atoms with E-state index in [2.05, 4.69) is 20.6 Å². The fraction of sp³-hybridized carbons (Fsp3) is 0.333. The van der Waals surface area contributed by atoms with Gasteiger partial charge < -0.3 is 14.9 Å². The van der Waals surface area contributed by atoms with Crippen LogP contribution in [0.5, 0.6) is 0 Å². The van der Waals surface area contributed by atoms with E-state index in [9.17, 15) is 9.90 Å². The molecule has 0 spiro atoms. The van der Waals surface area contributed by atoms with Crippen LogP contribution in [0.1, 0.15) is 52.9 Å². The van der Waals surface area contributed by atoms with E-state index in [1.165, 1.54) is 0 Å². The SMILES string of the molecule is CC(O)c1nc(-c2ccc3c(c2)CC[C@H]3NC(=O)c2cnn(C)c2)no1. The summed E-state index contributed by atoms with van der Waals surface area (Å²) in [5, 5.41) is 20.5. The number of nitrogens with one attached hydrogen (secondary N) is 1. The van der Waals surface area contributed by atoms with Gasteiger partial charge in [-0.25, -0.2) is 0 Å². The van der Waals surface area contributed by atoms with Gasteiger partial charge in [0.25, 0.3) is 11.8 Å². The third-order valence-corrected chi connectivity index (χ3v) is 4.55. The lowest BCUT2D eigenvalue weighted by molar-refractivity contribution is 0.0936. The van der Waals surface area contributed by atoms with Crippen molar-refractivity contribution in [1.29, 1.82) is 0 Å². The second-order valence-electron chi connectivity index (χ2n) is 6.51. The van der Waals surface area contributed by atoms with E-state index in [1.807, 2.05) is 18.2 Å². The minimum Gasteiger partial charge on any atom is -0.384 e. The lowest BCUT2D eigenvalue weighted by Crippen LogP contribution is -2.26. The topological polar surface area (TPSA) is 106 Å². The van der Waals surface area contributed by atoms with Gasteiger partial charge in [-0.05, 0) is 37.0 Å². The van der Waals surface area contributed by atoms with Crippen molar-refractivity contribution in [3.8, 4) is 11.4 Å². The van der Waals surface area contributed by atoms with Crippen molar-refractivity contribution in [2.75, 3.05) is 0 Å². The lowest BCUT2D eigenvalue weighted by atomic mass is 10.0. The third kappa shape index (κ3) is 2.99. The van der Waals surface area contributed by atoms with Crippen LogP contribution in [0.3, 0.4) is 0 Å². The predicted octanol–water partition coefficient (Wildman–Crippen LogP) is 1.94. The molecule has 8 heteroatoms. The summed E-state index contributed by atoms with van der Waals surface area (Å²) in [5.74, 6) is 0.522. The molecule has 0 saturated carbocycles. The number of carbonyl (C=O) groups excluding carboxylic acids is 1. The van der Waals surface area contributed by atoms with Gasteiger partial charge in [0, 0.05) is 18.8 Å². The highest BCUT2D eigenvalue weighted by molar-refractivity contribution is 5.94. The molecular weight excluding hydrogens is 334 g/mol. The molecule has 0 saturated heterocycles. The number of aromatic nitrogens is 4. The first-order valence-electron chi connectivity index (χ1n) is 8.45. The largest absolute Gasteiger partial charge is 0.384 e. The number of rotatable bonds is 4. The Morgan fingerprint density at radius 1 is 1.46 bits per heavy atom. The Morgan fingerprint density at radius 2 is 2.31 bits per heavy atom. The standard InChI is InChI=1S/C18H19N5O3/c1-10(24)18-21-16(22-26-18)12-3-5-14-11(7-12)4-6-15(14)20-17(25)13-8-19-23(2)9-13/h3,5,7-10,15,24H,4,6H2,1-2H3,(H,20,25)/t10?,15-/m1/s1. The Kier molecular flexibility index (Phi) is 4.04. The summed E-state index contributed by atoms with van der Waals surface area (Å²) in [6.45, 7) is 1.58. The molecule has 1 unspecified atom stereocenters. The van der Waals surface area contributed by atoms with Crippen molar-refractivity contribution < 1.29 is 14.4 Å². The van der Waals surface area contributed by atoms with E-state index in [0.717, 1.165) is 29.5 Å². The smallest absolute Gasteiger partial charge is 0.255 e. The molecule has 134 valence electrons. The molecule has 3 aromatic rings. The van der Waals surface area contributed by atoms with Crippen molar-refractivity contribution in [3.05, 3.63) is 53.2 Å². The maximum atomic E-state index is 12.4. The van der Waals surface area contributed by atoms with Crippen molar-refractivity contribution in [3.63, 3.8) is 0 Å². The van der Waals surface area contributed by atoms with Crippen molar-refractivity contribution in [1.82, 2.24) is 25.2 Å². The quantitative estimate of drug-likeness (QED) is 0.742. The maximum absolute atomic E-state index is 12.4. The van der Waals surface area contributed by atoms with Crippen molar-refractivity contribution in [2.24, 2.45) is 7.05 Å². The molecule has 0 radical (unpaired) electrons. The third-order valence-electron chi connectivity index (χ3n) is 4.55. The summed E-state index contributed by atoms with van der Waals surface area (Å²) in [7, 11) is 1.78. The Morgan fingerprint density at radius 3 is 3.00 bits per heavy atom. The monoisotopic (exact) mass is 353 g/mol. The molecule has 4 rings (SSSR count). The number of hydrogen-bond donors (Lipinski definition) is 2. The number of aryl methyl sites for hydroxylation is 2. The van der Waals surface area contributed by atoms with Gasteiger partial charge in [-0.1, -0.05) is 17.3 Å². The van der Waals surface area contributed by atoms with E-state index in [-0.39, 0.29) is 17.8 Å². The van der Waals surface area contributed by atoms with Gasteiger partial charge in [0.05, 0.1) is 17.8 Å². The van der Waals surface area contributed by atoms with Gasteiger partial charge in [0.2, 0.25) is 5.82 Å². The zero-order valence-electron chi connectivity index (χ0n) is 14.5. The number of hydrogen-bond acceptors (Lipinski definition) is 6. The highest BCUT2D eigenvalue weighted by atomic mass is 16.5. The lowest BCUT2D eigenvalue weighted by Gasteiger charge is -2.13. The van der Waals surface area contributed by atoms with E-state index < -0.39 is 6.10 Å². The van der Waals surface area contributed by atoms with Gasteiger partial charge >= 0.3 is 0 Å². The van der Waals surface area contributed by atoms with Crippen LogP contribution in [0, 0.1) is 0 Å². The zero-order valence-corrected chi connectivity index (χ0v) is 14.5. The van der Waals surface area contributed by atoms with Crippen LogP contribution in [0.15, 0.2) is 35.1 Å². The second kappa shape index (κ2) is 6.38. The average molecular weight is 353 g/mol. The number of nitrogens with zero attached hydrogens (tertiary/aromatic N) is 4. The second-order valence-corrected chi connectivity index (χ2v) is 6.51. The average Bonchev–Trinajstić information content (AvgIpc) is 3.34. The summed E-state index contributed by atoms with van der Waals surface area (Å²) in [6, 6.07) is 5.89. The zero-order chi connectivity index (χ0) is 18.3. The normalized spacial score (nSPS) is 17.1. The molecule has 1 aromatic carbocycles. The number of fused-ring (bicyclic) bond motifs is 1. The molecule has 2 atom stereocenters. The molecule has 1 aliphatic rings. The molecule has 2 N–H and O–H groups in total. The van der Waals surface area contributed by atoms with E-state index in [4.69, 9.17) is 4.52 Å². The molecule has 0 aliphatic heterocycles. The molecule has 1 aliphatic carbocycles. The van der Waals surface area contributed by atoms with Crippen LogP contribution in [0.4, 0.5) is 0 Å². The fourth-order valence-electron chi connectivity index (χ4n) is 3.21. The fourth-order valence-corrected chi connectivity index (χ4v) is 3.21. The first-order chi connectivity index (χ1) is 12.5. The van der Waals surface area contributed by atoms with E-state index in [0.29, 0.717) is 11.4 Å². The van der Waals surface area contributed by atoms with Crippen LogP contribution >= 0.6 is 0 Å². The summed E-state index contributed by atoms with van der Waals surface area (Å²) in [4.78, 5) is 16.6. The first-order valence-corrected chi connectivity index (χ1v) is 8.45.